The van der Waals surface area contributed by atoms with Crippen molar-refractivity contribution in [3.05, 3.63) is 48.6 Å². The summed E-state index contributed by atoms with van der Waals surface area (Å²) in [4.78, 5) is 25.5. The van der Waals surface area contributed by atoms with Gasteiger partial charge in [0.1, 0.15) is 6.61 Å². The molecule has 0 fully saturated rings. The molecule has 1 unspecified atom stereocenters. The van der Waals surface area contributed by atoms with E-state index >= 15 is 0 Å². The number of carbonyl (C=O) groups is 2. The molecule has 0 rings (SSSR count). The molecule has 0 spiro atoms. The largest absolute Gasteiger partial charge is 0.462 e. The molecule has 64 heavy (non-hydrogen) atoms. The van der Waals surface area contributed by atoms with E-state index in [1.165, 1.54) is 199 Å². The lowest BCUT2D eigenvalue weighted by atomic mass is 10.0. The first-order chi connectivity index (χ1) is 31.6. The van der Waals surface area contributed by atoms with Crippen LogP contribution >= 0.6 is 0 Å². The van der Waals surface area contributed by atoms with Gasteiger partial charge in [0.05, 0.1) is 6.61 Å². The van der Waals surface area contributed by atoms with Crippen LogP contribution in [0.15, 0.2) is 48.6 Å². The summed E-state index contributed by atoms with van der Waals surface area (Å²) in [5, 5.41) is 0. The van der Waals surface area contributed by atoms with Gasteiger partial charge in [0.25, 0.3) is 0 Å². The normalized spacial score (nSPS) is 12.5. The molecule has 5 nitrogen and oxygen atoms in total. The first-order valence-corrected chi connectivity index (χ1v) is 28.2. The Balaban J connectivity index is 4.25. The minimum atomic E-state index is -0.542. The molecule has 0 bridgehead atoms. The Morgan fingerprint density at radius 1 is 0.344 bits per heavy atom. The third-order valence-corrected chi connectivity index (χ3v) is 12.3. The summed E-state index contributed by atoms with van der Waals surface area (Å²) in [5.74, 6) is -0.404. The van der Waals surface area contributed by atoms with Gasteiger partial charge in [-0.3, -0.25) is 9.59 Å². The van der Waals surface area contributed by atoms with Crippen molar-refractivity contribution in [1.82, 2.24) is 0 Å². The lowest BCUT2D eigenvalue weighted by Crippen LogP contribution is -2.30. The van der Waals surface area contributed by atoms with Gasteiger partial charge in [0.15, 0.2) is 6.10 Å². The van der Waals surface area contributed by atoms with E-state index in [2.05, 4.69) is 69.4 Å². The molecule has 0 N–H and O–H groups in total. The lowest BCUT2D eigenvalue weighted by Gasteiger charge is -2.18. The zero-order valence-electron chi connectivity index (χ0n) is 43.1. The highest BCUT2D eigenvalue weighted by atomic mass is 16.6. The summed E-state index contributed by atoms with van der Waals surface area (Å²) < 4.78 is 17.5. The molecule has 0 aromatic rings. The molecule has 0 amide bonds. The van der Waals surface area contributed by atoms with Gasteiger partial charge in [-0.2, -0.15) is 0 Å². The van der Waals surface area contributed by atoms with E-state index in [9.17, 15) is 9.59 Å². The quantitative estimate of drug-likeness (QED) is 0.0346. The summed E-state index contributed by atoms with van der Waals surface area (Å²) in [6.07, 6.45) is 68.3. The molecule has 0 aromatic heterocycles. The average molecular weight is 898 g/mol. The SMILES string of the molecule is CCCCC/C=C\C/C=C\CCCCCCCCCCCC(=O)OCC(COCCCCCCCCCCCCCCCC)OC(=O)CCCCCCC/C=C\C/C=C\CCCCC. The van der Waals surface area contributed by atoms with E-state index in [-0.39, 0.29) is 25.2 Å². The van der Waals surface area contributed by atoms with Gasteiger partial charge in [-0.1, -0.05) is 243 Å². The Morgan fingerprint density at radius 2 is 0.656 bits per heavy atom. The number of carbonyl (C=O) groups excluding carboxylic acids is 2. The molecule has 0 aromatic carbocycles. The number of unbranched alkanes of at least 4 members (excludes halogenated alkanes) is 33. The Labute approximate surface area is 399 Å². The molecule has 0 saturated heterocycles. The number of hydrogen-bond acceptors (Lipinski definition) is 5. The van der Waals surface area contributed by atoms with E-state index in [0.29, 0.717) is 19.4 Å². The van der Waals surface area contributed by atoms with Gasteiger partial charge in [-0.15, -0.1) is 0 Å². The summed E-state index contributed by atoms with van der Waals surface area (Å²) >= 11 is 0. The summed E-state index contributed by atoms with van der Waals surface area (Å²) in [7, 11) is 0. The van der Waals surface area contributed by atoms with Crippen LogP contribution in [0.3, 0.4) is 0 Å². The Kier molecular flexibility index (Phi) is 53.3. The molecule has 5 heteroatoms. The molecule has 1 atom stereocenters. The highest BCUT2D eigenvalue weighted by molar-refractivity contribution is 5.70. The first-order valence-electron chi connectivity index (χ1n) is 28.2. The highest BCUT2D eigenvalue weighted by Crippen LogP contribution is 2.15. The van der Waals surface area contributed by atoms with Crippen molar-refractivity contribution in [2.24, 2.45) is 0 Å². The lowest BCUT2D eigenvalue weighted by molar-refractivity contribution is -0.163. The number of ether oxygens (including phenoxy) is 3. The van der Waals surface area contributed by atoms with Gasteiger partial charge in [0.2, 0.25) is 0 Å². The van der Waals surface area contributed by atoms with Gasteiger partial charge >= 0.3 is 11.9 Å². The van der Waals surface area contributed by atoms with Crippen molar-refractivity contribution in [3.8, 4) is 0 Å². The van der Waals surface area contributed by atoms with Gasteiger partial charge < -0.3 is 14.2 Å². The van der Waals surface area contributed by atoms with E-state index in [4.69, 9.17) is 14.2 Å². The summed E-state index contributed by atoms with van der Waals surface area (Å²) in [5.41, 5.74) is 0. The predicted octanol–water partition coefficient (Wildman–Crippen LogP) is 19.1. The fourth-order valence-electron chi connectivity index (χ4n) is 8.10. The predicted molar refractivity (Wildman–Crippen MR) is 279 cm³/mol. The maximum atomic E-state index is 12.8. The molecule has 0 aliphatic carbocycles. The summed E-state index contributed by atoms with van der Waals surface area (Å²) in [6.45, 7) is 7.81. The number of rotatable bonds is 52. The van der Waals surface area contributed by atoms with E-state index in [1.54, 1.807) is 0 Å². The first kappa shape index (κ1) is 61.9. The van der Waals surface area contributed by atoms with Crippen LogP contribution in [-0.4, -0.2) is 37.9 Å². The third-order valence-electron chi connectivity index (χ3n) is 12.3. The fourth-order valence-corrected chi connectivity index (χ4v) is 8.10. The fraction of sp³-hybridized carbons (Fsp3) is 0.831. The minimum Gasteiger partial charge on any atom is -0.462 e. The molecular weight excluding hydrogens is 789 g/mol. The Bertz CT molecular complexity index is 1060. The summed E-state index contributed by atoms with van der Waals surface area (Å²) in [6, 6.07) is 0. The number of allylic oxidation sites excluding steroid dienone is 8. The molecule has 0 aliphatic heterocycles. The van der Waals surface area contributed by atoms with Crippen LogP contribution in [-0.2, 0) is 23.8 Å². The molecule has 0 heterocycles. The molecule has 0 saturated carbocycles. The van der Waals surface area contributed by atoms with Crippen LogP contribution in [0.1, 0.15) is 290 Å². The monoisotopic (exact) mass is 897 g/mol. The van der Waals surface area contributed by atoms with Crippen LogP contribution in [0.2, 0.25) is 0 Å². The average Bonchev–Trinajstić information content (AvgIpc) is 3.30. The standard InChI is InChI=1S/C59H108O5/c1-4-7-10-13-16-19-22-25-28-29-30-31-33-34-37-40-43-46-49-52-58(60)63-56-57(55-62-54-51-48-45-42-39-36-27-24-21-18-15-12-9-6-3)64-59(61)53-50-47-44-41-38-35-32-26-23-20-17-14-11-8-5-2/h16-17,19-20,25-26,28,32,57H,4-15,18,21-24,27,29-31,33-56H2,1-3H3/b19-16-,20-17-,28-25-,32-26-. The minimum absolute atomic E-state index is 0.0808. The van der Waals surface area contributed by atoms with Crippen LogP contribution in [0, 0.1) is 0 Å². The zero-order valence-corrected chi connectivity index (χ0v) is 43.1. The Hall–Kier alpha value is -2.14. The Morgan fingerprint density at radius 3 is 1.06 bits per heavy atom. The second kappa shape index (κ2) is 55.2. The number of hydrogen-bond donors (Lipinski definition) is 0. The smallest absolute Gasteiger partial charge is 0.306 e. The molecule has 374 valence electrons. The second-order valence-corrected chi connectivity index (χ2v) is 18.8. The van der Waals surface area contributed by atoms with Crippen molar-refractivity contribution < 1.29 is 23.8 Å². The second-order valence-electron chi connectivity index (χ2n) is 18.8. The van der Waals surface area contributed by atoms with Gasteiger partial charge in [0, 0.05) is 19.4 Å². The zero-order chi connectivity index (χ0) is 46.3. The maximum Gasteiger partial charge on any atom is 0.306 e. The topological polar surface area (TPSA) is 61.8 Å². The van der Waals surface area contributed by atoms with Crippen LogP contribution < -0.4 is 0 Å². The van der Waals surface area contributed by atoms with E-state index in [1.807, 2.05) is 0 Å². The maximum absolute atomic E-state index is 12.8. The van der Waals surface area contributed by atoms with E-state index in [0.717, 1.165) is 57.8 Å². The van der Waals surface area contributed by atoms with Crippen molar-refractivity contribution >= 4 is 11.9 Å². The van der Waals surface area contributed by atoms with Crippen LogP contribution in [0.25, 0.3) is 0 Å². The van der Waals surface area contributed by atoms with Crippen molar-refractivity contribution in [1.29, 1.82) is 0 Å². The van der Waals surface area contributed by atoms with E-state index < -0.39 is 6.10 Å². The molecule has 0 aliphatic rings. The van der Waals surface area contributed by atoms with Gasteiger partial charge in [-0.05, 0) is 83.5 Å². The van der Waals surface area contributed by atoms with Crippen molar-refractivity contribution in [2.45, 2.75) is 297 Å². The number of esters is 2. The van der Waals surface area contributed by atoms with Crippen LogP contribution in [0.4, 0.5) is 0 Å². The van der Waals surface area contributed by atoms with Crippen molar-refractivity contribution in [3.63, 3.8) is 0 Å². The highest BCUT2D eigenvalue weighted by Gasteiger charge is 2.17. The third kappa shape index (κ3) is 52.5. The molecular formula is C59H108O5. The van der Waals surface area contributed by atoms with Crippen LogP contribution in [0.5, 0.6) is 0 Å². The van der Waals surface area contributed by atoms with Crippen molar-refractivity contribution in [2.75, 3.05) is 19.8 Å². The molecule has 0 radical (unpaired) electrons. The van der Waals surface area contributed by atoms with Gasteiger partial charge in [-0.25, -0.2) is 0 Å².